The Labute approximate surface area is 116 Å². The van der Waals surface area contributed by atoms with Crippen molar-refractivity contribution in [3.63, 3.8) is 0 Å². The van der Waals surface area contributed by atoms with Gasteiger partial charge in [-0.05, 0) is 12.1 Å². The molecule has 4 nitrogen and oxygen atoms in total. The van der Waals surface area contributed by atoms with Gasteiger partial charge in [0.15, 0.2) is 22.5 Å². The van der Waals surface area contributed by atoms with E-state index in [4.69, 9.17) is 22.1 Å². The van der Waals surface area contributed by atoms with Crippen molar-refractivity contribution in [1.29, 1.82) is 0 Å². The molecule has 0 aliphatic rings. The fourth-order valence-electron chi connectivity index (χ4n) is 1.38. The van der Waals surface area contributed by atoms with Crippen LogP contribution in [0.3, 0.4) is 0 Å². The first kappa shape index (κ1) is 15.2. The fourth-order valence-corrected chi connectivity index (χ4v) is 1.64. The van der Waals surface area contributed by atoms with Crippen molar-refractivity contribution >= 4 is 17.4 Å². The number of methoxy groups -OCH3 is 1. The SMILES string of the molecule is CC.COc1c(N)nc(-c2cccc(F)c2)nc1Cl. The average molecular weight is 284 g/mol. The van der Waals surface area contributed by atoms with Crippen LogP contribution in [-0.4, -0.2) is 17.1 Å². The molecule has 1 aromatic heterocycles. The molecule has 0 saturated heterocycles. The zero-order chi connectivity index (χ0) is 14.4. The van der Waals surface area contributed by atoms with Gasteiger partial charge in [-0.3, -0.25) is 0 Å². The van der Waals surface area contributed by atoms with Crippen LogP contribution in [0.5, 0.6) is 5.75 Å². The minimum Gasteiger partial charge on any atom is -0.490 e. The molecule has 0 atom stereocenters. The van der Waals surface area contributed by atoms with Crippen LogP contribution in [0.15, 0.2) is 24.3 Å². The number of nitrogens with zero attached hydrogens (tertiary/aromatic N) is 2. The average Bonchev–Trinajstić information content (AvgIpc) is 2.40. The van der Waals surface area contributed by atoms with Crippen LogP contribution in [-0.2, 0) is 0 Å². The van der Waals surface area contributed by atoms with Crippen molar-refractivity contribution < 1.29 is 9.13 Å². The molecule has 0 bridgehead atoms. The second-order valence-electron chi connectivity index (χ2n) is 3.27. The minimum absolute atomic E-state index is 0.0965. The molecule has 0 radical (unpaired) electrons. The molecular formula is C13H15ClFN3O. The third-order valence-corrected chi connectivity index (χ3v) is 2.39. The molecule has 102 valence electrons. The van der Waals surface area contributed by atoms with Gasteiger partial charge >= 0.3 is 0 Å². The van der Waals surface area contributed by atoms with Crippen molar-refractivity contribution in [2.24, 2.45) is 0 Å². The Hall–Kier alpha value is -1.88. The predicted octanol–water partition coefficient (Wildman–Crippen LogP) is 3.55. The van der Waals surface area contributed by atoms with Gasteiger partial charge in [0.1, 0.15) is 5.82 Å². The van der Waals surface area contributed by atoms with Crippen LogP contribution in [0.25, 0.3) is 11.4 Å². The van der Waals surface area contributed by atoms with E-state index in [0.29, 0.717) is 5.56 Å². The normalized spacial score (nSPS) is 9.53. The number of hydrogen-bond donors (Lipinski definition) is 1. The summed E-state index contributed by atoms with van der Waals surface area (Å²) in [5, 5.41) is 0.0965. The second-order valence-corrected chi connectivity index (χ2v) is 3.62. The molecule has 2 N–H and O–H groups in total. The van der Waals surface area contributed by atoms with Gasteiger partial charge < -0.3 is 10.5 Å². The third kappa shape index (κ3) is 3.54. The number of nitrogens with two attached hydrogens (primary N) is 1. The Morgan fingerprint density at radius 2 is 1.95 bits per heavy atom. The maximum atomic E-state index is 13.1. The molecule has 1 heterocycles. The summed E-state index contributed by atoms with van der Waals surface area (Å²) < 4.78 is 18.0. The molecule has 6 heteroatoms. The Kier molecular flexibility index (Phi) is 5.51. The molecule has 0 fully saturated rings. The van der Waals surface area contributed by atoms with Crippen LogP contribution in [0.2, 0.25) is 5.15 Å². The number of rotatable bonds is 2. The van der Waals surface area contributed by atoms with Gasteiger partial charge in [-0.15, -0.1) is 0 Å². The smallest absolute Gasteiger partial charge is 0.198 e. The maximum Gasteiger partial charge on any atom is 0.198 e. The van der Waals surface area contributed by atoms with Crippen LogP contribution in [0, 0.1) is 5.82 Å². The molecule has 2 aromatic rings. The number of nitrogen functional groups attached to an aromatic ring is 1. The molecule has 0 unspecified atom stereocenters. The third-order valence-electron chi connectivity index (χ3n) is 2.14. The van der Waals surface area contributed by atoms with E-state index in [9.17, 15) is 4.39 Å². The zero-order valence-corrected chi connectivity index (χ0v) is 11.7. The van der Waals surface area contributed by atoms with Gasteiger partial charge in [0.25, 0.3) is 0 Å². The Morgan fingerprint density at radius 1 is 1.26 bits per heavy atom. The first-order valence-electron chi connectivity index (χ1n) is 5.74. The summed E-state index contributed by atoms with van der Waals surface area (Å²) >= 11 is 5.87. The number of aromatic nitrogens is 2. The first-order valence-corrected chi connectivity index (χ1v) is 6.12. The topological polar surface area (TPSA) is 61.0 Å². The summed E-state index contributed by atoms with van der Waals surface area (Å²) in [6.07, 6.45) is 0. The quantitative estimate of drug-likeness (QED) is 0.856. The summed E-state index contributed by atoms with van der Waals surface area (Å²) in [7, 11) is 1.42. The Bertz CT molecular complexity index is 540. The van der Waals surface area contributed by atoms with E-state index < -0.39 is 0 Å². The largest absolute Gasteiger partial charge is 0.490 e. The number of benzene rings is 1. The number of halogens is 2. The molecule has 19 heavy (non-hydrogen) atoms. The Balaban J connectivity index is 0.000000861. The summed E-state index contributed by atoms with van der Waals surface area (Å²) in [6, 6.07) is 5.86. The Morgan fingerprint density at radius 3 is 2.47 bits per heavy atom. The highest BCUT2D eigenvalue weighted by Gasteiger charge is 2.12. The lowest BCUT2D eigenvalue weighted by Crippen LogP contribution is -2.01. The number of anilines is 1. The van der Waals surface area contributed by atoms with E-state index in [-0.39, 0.29) is 28.4 Å². The fraction of sp³-hybridized carbons (Fsp3) is 0.231. The highest BCUT2D eigenvalue weighted by atomic mass is 35.5. The molecule has 0 spiro atoms. The van der Waals surface area contributed by atoms with E-state index in [1.165, 1.54) is 19.2 Å². The van der Waals surface area contributed by atoms with Gasteiger partial charge in [0.2, 0.25) is 0 Å². The van der Waals surface area contributed by atoms with Crippen molar-refractivity contribution in [1.82, 2.24) is 9.97 Å². The van der Waals surface area contributed by atoms with E-state index in [1.54, 1.807) is 12.1 Å². The van der Waals surface area contributed by atoms with Gasteiger partial charge in [0, 0.05) is 5.56 Å². The van der Waals surface area contributed by atoms with Gasteiger partial charge in [-0.2, -0.15) is 0 Å². The van der Waals surface area contributed by atoms with Gasteiger partial charge in [-0.25, -0.2) is 14.4 Å². The lowest BCUT2D eigenvalue weighted by molar-refractivity contribution is 0.414. The second kappa shape index (κ2) is 6.89. The lowest BCUT2D eigenvalue weighted by atomic mass is 10.2. The van der Waals surface area contributed by atoms with Gasteiger partial charge in [0.05, 0.1) is 7.11 Å². The monoisotopic (exact) mass is 283 g/mol. The summed E-state index contributed by atoms with van der Waals surface area (Å²) in [5.74, 6) is 0.211. The summed E-state index contributed by atoms with van der Waals surface area (Å²) in [4.78, 5) is 8.01. The predicted molar refractivity (Wildman–Crippen MR) is 74.7 cm³/mol. The standard InChI is InChI=1S/C11H9ClFN3O.C2H6/c1-17-8-9(12)15-11(16-10(8)14)6-3-2-4-7(13)5-6;1-2/h2-5H,1H3,(H2,14,15,16);1-2H3. The minimum atomic E-state index is -0.378. The van der Waals surface area contributed by atoms with E-state index in [2.05, 4.69) is 9.97 Å². The highest BCUT2D eigenvalue weighted by molar-refractivity contribution is 6.31. The van der Waals surface area contributed by atoms with Crippen LogP contribution < -0.4 is 10.5 Å². The molecule has 2 rings (SSSR count). The zero-order valence-electron chi connectivity index (χ0n) is 10.9. The molecule has 0 saturated carbocycles. The number of hydrogen-bond acceptors (Lipinski definition) is 4. The van der Waals surface area contributed by atoms with E-state index in [1.807, 2.05) is 13.8 Å². The van der Waals surface area contributed by atoms with E-state index in [0.717, 1.165) is 0 Å². The van der Waals surface area contributed by atoms with Crippen molar-refractivity contribution in [2.75, 3.05) is 12.8 Å². The van der Waals surface area contributed by atoms with Gasteiger partial charge in [-0.1, -0.05) is 37.6 Å². The number of ether oxygens (including phenoxy) is 1. The summed E-state index contributed by atoms with van der Waals surface area (Å²) in [6.45, 7) is 4.00. The van der Waals surface area contributed by atoms with Crippen molar-refractivity contribution in [2.45, 2.75) is 13.8 Å². The van der Waals surface area contributed by atoms with Crippen LogP contribution in [0.4, 0.5) is 10.2 Å². The molecule has 1 aromatic carbocycles. The molecular weight excluding hydrogens is 269 g/mol. The molecule has 0 aliphatic carbocycles. The van der Waals surface area contributed by atoms with Crippen LogP contribution in [0.1, 0.15) is 13.8 Å². The lowest BCUT2D eigenvalue weighted by Gasteiger charge is -2.07. The maximum absolute atomic E-state index is 13.1. The molecule has 0 amide bonds. The van der Waals surface area contributed by atoms with E-state index >= 15 is 0 Å². The summed E-state index contributed by atoms with van der Waals surface area (Å²) in [5.41, 5.74) is 6.15. The first-order chi connectivity index (χ1) is 9.11. The van der Waals surface area contributed by atoms with Crippen molar-refractivity contribution in [3.8, 4) is 17.1 Å². The van der Waals surface area contributed by atoms with Crippen LogP contribution >= 0.6 is 11.6 Å². The highest BCUT2D eigenvalue weighted by Crippen LogP contribution is 2.30. The van der Waals surface area contributed by atoms with Crippen molar-refractivity contribution in [3.05, 3.63) is 35.2 Å². The molecule has 0 aliphatic heterocycles.